The highest BCUT2D eigenvalue weighted by Gasteiger charge is 2.23. The number of halogens is 1. The van der Waals surface area contributed by atoms with Crippen LogP contribution in [0, 0.1) is 0 Å². The van der Waals surface area contributed by atoms with Crippen LogP contribution in [0.4, 0.5) is 0 Å². The van der Waals surface area contributed by atoms with E-state index in [0.717, 1.165) is 0 Å². The Labute approximate surface area is 94.9 Å². The van der Waals surface area contributed by atoms with Crippen molar-refractivity contribution in [1.82, 2.24) is 9.29 Å². The third-order valence-corrected chi connectivity index (χ3v) is 4.53. The van der Waals surface area contributed by atoms with Gasteiger partial charge in [-0.15, -0.1) is 11.6 Å². The van der Waals surface area contributed by atoms with Crippen molar-refractivity contribution in [3.05, 3.63) is 30.1 Å². The van der Waals surface area contributed by atoms with Crippen LogP contribution in [-0.2, 0) is 10.0 Å². The third-order valence-electron chi connectivity index (χ3n) is 2.24. The molecule has 0 radical (unpaired) electrons. The molecular weight excluding hydrogens is 236 g/mol. The maximum absolute atomic E-state index is 11.5. The lowest BCUT2D eigenvalue weighted by molar-refractivity contribution is 0.394. The van der Waals surface area contributed by atoms with Crippen LogP contribution in [0.3, 0.4) is 0 Å². The van der Waals surface area contributed by atoms with Gasteiger partial charge in [-0.3, -0.25) is 4.98 Å². The van der Waals surface area contributed by atoms with Gasteiger partial charge in [0.25, 0.3) is 0 Å². The number of hydrogen-bond acceptors (Lipinski definition) is 3. The van der Waals surface area contributed by atoms with Gasteiger partial charge < -0.3 is 0 Å². The Bertz CT molecular complexity index is 407. The van der Waals surface area contributed by atoms with E-state index in [0.29, 0.717) is 5.69 Å². The highest BCUT2D eigenvalue weighted by atomic mass is 35.5. The zero-order chi connectivity index (χ0) is 11.5. The largest absolute Gasteiger partial charge is 0.260 e. The summed E-state index contributed by atoms with van der Waals surface area (Å²) in [6, 6.07) is 5.08. The van der Waals surface area contributed by atoms with E-state index in [9.17, 15) is 8.42 Å². The molecule has 0 spiro atoms. The fourth-order valence-corrected chi connectivity index (χ4v) is 2.33. The number of sulfonamides is 1. The van der Waals surface area contributed by atoms with Crippen molar-refractivity contribution in [3.8, 4) is 0 Å². The Morgan fingerprint density at radius 1 is 1.53 bits per heavy atom. The fraction of sp³-hybridized carbons (Fsp3) is 0.444. The maximum Gasteiger partial charge on any atom is 0.228 e. The van der Waals surface area contributed by atoms with Crippen LogP contribution >= 0.6 is 11.6 Å². The van der Waals surface area contributed by atoms with Gasteiger partial charge in [-0.05, 0) is 19.1 Å². The second-order valence-electron chi connectivity index (χ2n) is 3.17. The summed E-state index contributed by atoms with van der Waals surface area (Å²) in [7, 11) is -1.89. The van der Waals surface area contributed by atoms with Gasteiger partial charge in [-0.1, -0.05) is 6.07 Å². The Hall–Kier alpha value is -0.650. The average Bonchev–Trinajstić information content (AvgIpc) is 2.28. The summed E-state index contributed by atoms with van der Waals surface area (Å²) >= 11 is 5.37. The molecule has 1 atom stereocenters. The minimum Gasteiger partial charge on any atom is -0.260 e. The summed E-state index contributed by atoms with van der Waals surface area (Å²) in [4.78, 5) is 4.10. The Morgan fingerprint density at radius 2 is 2.20 bits per heavy atom. The second kappa shape index (κ2) is 4.92. The molecule has 84 valence electrons. The van der Waals surface area contributed by atoms with Crippen LogP contribution in [0.1, 0.15) is 18.7 Å². The first-order valence-corrected chi connectivity index (χ1v) is 6.56. The van der Waals surface area contributed by atoms with Gasteiger partial charge in [-0.2, -0.15) is 4.31 Å². The first kappa shape index (κ1) is 12.4. The van der Waals surface area contributed by atoms with Crippen LogP contribution in [-0.4, -0.2) is 30.0 Å². The van der Waals surface area contributed by atoms with E-state index in [2.05, 4.69) is 4.98 Å². The molecule has 0 N–H and O–H groups in total. The number of rotatable bonds is 4. The molecule has 0 saturated carbocycles. The number of hydrogen-bond donors (Lipinski definition) is 0. The van der Waals surface area contributed by atoms with Crippen LogP contribution in [0.2, 0.25) is 0 Å². The predicted molar refractivity (Wildman–Crippen MR) is 60.1 cm³/mol. The smallest absolute Gasteiger partial charge is 0.228 e. The molecule has 1 aromatic rings. The molecule has 0 aromatic carbocycles. The lowest BCUT2D eigenvalue weighted by Gasteiger charge is -2.22. The molecule has 0 aliphatic rings. The minimum atomic E-state index is -3.39. The minimum absolute atomic E-state index is 0.310. The number of aromatic nitrogens is 1. The lowest BCUT2D eigenvalue weighted by atomic mass is 10.2. The van der Waals surface area contributed by atoms with Gasteiger partial charge in [0.1, 0.15) is 5.21 Å². The molecule has 4 nitrogen and oxygen atoms in total. The molecule has 1 unspecified atom stereocenters. The van der Waals surface area contributed by atoms with Gasteiger partial charge in [0, 0.05) is 13.2 Å². The summed E-state index contributed by atoms with van der Waals surface area (Å²) in [5.74, 6) is 0. The van der Waals surface area contributed by atoms with Gasteiger partial charge in [0.05, 0.1) is 11.7 Å². The zero-order valence-electron chi connectivity index (χ0n) is 8.59. The van der Waals surface area contributed by atoms with Gasteiger partial charge in [0.15, 0.2) is 0 Å². The van der Waals surface area contributed by atoms with Crippen molar-refractivity contribution in [2.45, 2.75) is 13.0 Å². The normalized spacial score (nSPS) is 14.1. The number of nitrogens with zero attached hydrogens (tertiary/aromatic N) is 2. The van der Waals surface area contributed by atoms with Crippen molar-refractivity contribution >= 4 is 21.6 Å². The van der Waals surface area contributed by atoms with Gasteiger partial charge in [0.2, 0.25) is 10.0 Å². The van der Waals surface area contributed by atoms with Crippen molar-refractivity contribution in [1.29, 1.82) is 0 Å². The lowest BCUT2D eigenvalue weighted by Crippen LogP contribution is -2.30. The van der Waals surface area contributed by atoms with Gasteiger partial charge >= 0.3 is 0 Å². The molecule has 1 aromatic heterocycles. The number of alkyl halides is 1. The zero-order valence-corrected chi connectivity index (χ0v) is 10.2. The summed E-state index contributed by atoms with van der Waals surface area (Å²) in [6.07, 6.45) is 1.63. The van der Waals surface area contributed by atoms with E-state index in [1.54, 1.807) is 25.3 Å². The molecular formula is C9H13ClN2O2S. The standard InChI is InChI=1S/C9H13ClN2O2S/c1-8(9-5-3-4-6-11-9)12(2)15(13,14)7-10/h3-6,8H,7H2,1-2H3. The topological polar surface area (TPSA) is 50.3 Å². The highest BCUT2D eigenvalue weighted by Crippen LogP contribution is 2.19. The first-order chi connectivity index (χ1) is 6.99. The summed E-state index contributed by atoms with van der Waals surface area (Å²) in [6.45, 7) is 1.77. The second-order valence-corrected chi connectivity index (χ2v) is 5.78. The predicted octanol–water partition coefficient (Wildman–Crippen LogP) is 1.60. The molecule has 0 fully saturated rings. The molecule has 1 rings (SSSR count). The van der Waals surface area contributed by atoms with Crippen LogP contribution in [0.15, 0.2) is 24.4 Å². The summed E-state index contributed by atoms with van der Waals surface area (Å²) in [5, 5.41) is -0.416. The molecule has 15 heavy (non-hydrogen) atoms. The Morgan fingerprint density at radius 3 is 2.67 bits per heavy atom. The Balaban J connectivity index is 2.92. The third kappa shape index (κ3) is 2.90. The van der Waals surface area contributed by atoms with E-state index in [1.165, 1.54) is 11.4 Å². The van der Waals surface area contributed by atoms with Crippen molar-refractivity contribution in [3.63, 3.8) is 0 Å². The van der Waals surface area contributed by atoms with E-state index in [1.807, 2.05) is 6.07 Å². The summed E-state index contributed by atoms with van der Waals surface area (Å²) in [5.41, 5.74) is 0.702. The van der Waals surface area contributed by atoms with E-state index in [-0.39, 0.29) is 6.04 Å². The SMILES string of the molecule is CC(c1ccccn1)N(C)S(=O)(=O)CCl. The van der Waals surface area contributed by atoms with Crippen molar-refractivity contribution in [2.75, 3.05) is 12.3 Å². The van der Waals surface area contributed by atoms with Gasteiger partial charge in [-0.25, -0.2) is 8.42 Å². The molecule has 0 bridgehead atoms. The molecule has 1 heterocycles. The van der Waals surface area contributed by atoms with Crippen molar-refractivity contribution < 1.29 is 8.42 Å². The monoisotopic (exact) mass is 248 g/mol. The van der Waals surface area contributed by atoms with Crippen LogP contribution in [0.5, 0.6) is 0 Å². The van der Waals surface area contributed by atoms with Crippen LogP contribution < -0.4 is 0 Å². The summed E-state index contributed by atoms with van der Waals surface area (Å²) < 4.78 is 24.2. The molecule has 0 aliphatic carbocycles. The molecule has 6 heteroatoms. The Kier molecular flexibility index (Phi) is 4.07. The highest BCUT2D eigenvalue weighted by molar-refractivity contribution is 7.90. The quantitative estimate of drug-likeness (QED) is 0.761. The molecule has 0 saturated heterocycles. The molecule has 0 aliphatic heterocycles. The number of pyridine rings is 1. The maximum atomic E-state index is 11.5. The average molecular weight is 249 g/mol. The van der Waals surface area contributed by atoms with E-state index >= 15 is 0 Å². The van der Waals surface area contributed by atoms with E-state index in [4.69, 9.17) is 11.6 Å². The van der Waals surface area contributed by atoms with E-state index < -0.39 is 15.2 Å². The van der Waals surface area contributed by atoms with Crippen molar-refractivity contribution in [2.24, 2.45) is 0 Å². The first-order valence-electron chi connectivity index (χ1n) is 4.41. The molecule has 0 amide bonds. The fourth-order valence-electron chi connectivity index (χ4n) is 1.13. The van der Waals surface area contributed by atoms with Crippen LogP contribution in [0.25, 0.3) is 0 Å².